The zero-order valence-electron chi connectivity index (χ0n) is 10.2. The SMILES string of the molecule is CNC(=O)c1ccc2nc(NC(=O)C(F)(F)F)cn2c1. The number of hydrogen-bond acceptors (Lipinski definition) is 3. The van der Waals surface area contributed by atoms with Gasteiger partial charge in [-0.2, -0.15) is 13.2 Å². The van der Waals surface area contributed by atoms with Gasteiger partial charge in [-0.15, -0.1) is 0 Å². The molecular formula is C11H9F3N4O2. The topological polar surface area (TPSA) is 75.5 Å². The van der Waals surface area contributed by atoms with Gasteiger partial charge in [0, 0.05) is 13.2 Å². The molecule has 0 aromatic carbocycles. The average molecular weight is 286 g/mol. The zero-order chi connectivity index (χ0) is 14.9. The summed E-state index contributed by atoms with van der Waals surface area (Å²) in [5, 5.41) is 4.05. The maximum Gasteiger partial charge on any atom is 0.471 e. The zero-order valence-corrected chi connectivity index (χ0v) is 10.2. The lowest BCUT2D eigenvalue weighted by Gasteiger charge is -2.04. The van der Waals surface area contributed by atoms with E-state index in [0.717, 1.165) is 0 Å². The van der Waals surface area contributed by atoms with Crippen LogP contribution in [0.5, 0.6) is 0 Å². The molecule has 0 bridgehead atoms. The van der Waals surface area contributed by atoms with Crippen molar-refractivity contribution < 1.29 is 22.8 Å². The summed E-state index contributed by atoms with van der Waals surface area (Å²) in [6.07, 6.45) is -2.40. The maximum absolute atomic E-state index is 12.1. The lowest BCUT2D eigenvalue weighted by molar-refractivity contribution is -0.167. The minimum atomic E-state index is -4.98. The lowest BCUT2D eigenvalue weighted by Crippen LogP contribution is -2.30. The molecule has 2 amide bonds. The Balaban J connectivity index is 2.30. The first kappa shape index (κ1) is 13.8. The van der Waals surface area contributed by atoms with Crippen LogP contribution in [0.1, 0.15) is 10.4 Å². The first-order valence-electron chi connectivity index (χ1n) is 5.40. The van der Waals surface area contributed by atoms with E-state index in [0.29, 0.717) is 11.2 Å². The number of hydrogen-bond donors (Lipinski definition) is 2. The molecule has 2 heterocycles. The van der Waals surface area contributed by atoms with Crippen molar-refractivity contribution in [2.45, 2.75) is 6.18 Å². The normalized spacial score (nSPS) is 11.4. The lowest BCUT2D eigenvalue weighted by atomic mass is 10.2. The molecule has 6 nitrogen and oxygen atoms in total. The molecule has 0 unspecified atom stereocenters. The number of fused-ring (bicyclic) bond motifs is 1. The first-order valence-corrected chi connectivity index (χ1v) is 5.40. The molecule has 9 heteroatoms. The van der Waals surface area contributed by atoms with Gasteiger partial charge in [0.25, 0.3) is 5.91 Å². The number of alkyl halides is 3. The van der Waals surface area contributed by atoms with Crippen LogP contribution in [0.2, 0.25) is 0 Å². The number of halogens is 3. The second-order valence-corrected chi connectivity index (χ2v) is 3.84. The molecule has 0 atom stereocenters. The van der Waals surface area contributed by atoms with E-state index in [1.165, 1.54) is 36.0 Å². The van der Waals surface area contributed by atoms with E-state index in [2.05, 4.69) is 10.3 Å². The molecule has 0 saturated heterocycles. The number of nitrogens with zero attached hydrogens (tertiary/aromatic N) is 2. The highest BCUT2D eigenvalue weighted by Crippen LogP contribution is 2.18. The number of carbonyl (C=O) groups excluding carboxylic acids is 2. The van der Waals surface area contributed by atoms with Gasteiger partial charge in [0.05, 0.1) is 11.8 Å². The Kier molecular flexibility index (Phi) is 3.35. The van der Waals surface area contributed by atoms with Crippen molar-refractivity contribution in [1.29, 1.82) is 0 Å². The molecule has 2 N–H and O–H groups in total. The molecule has 0 aliphatic heterocycles. The van der Waals surface area contributed by atoms with E-state index >= 15 is 0 Å². The fraction of sp³-hybridized carbons (Fsp3) is 0.182. The van der Waals surface area contributed by atoms with Gasteiger partial charge in [0.1, 0.15) is 5.65 Å². The highest BCUT2D eigenvalue weighted by Gasteiger charge is 2.39. The number of aromatic nitrogens is 2. The Morgan fingerprint density at radius 1 is 1.25 bits per heavy atom. The van der Waals surface area contributed by atoms with E-state index < -0.39 is 12.1 Å². The molecule has 0 fully saturated rings. The smallest absolute Gasteiger partial charge is 0.355 e. The summed E-state index contributed by atoms with van der Waals surface area (Å²) in [7, 11) is 1.45. The van der Waals surface area contributed by atoms with Crippen LogP contribution in [0.4, 0.5) is 19.0 Å². The minimum Gasteiger partial charge on any atom is -0.355 e. The quantitative estimate of drug-likeness (QED) is 0.871. The number of rotatable bonds is 2. The fourth-order valence-corrected chi connectivity index (χ4v) is 1.52. The summed E-state index contributed by atoms with van der Waals surface area (Å²) >= 11 is 0. The molecule has 20 heavy (non-hydrogen) atoms. The van der Waals surface area contributed by atoms with Crippen LogP contribution in [-0.4, -0.2) is 34.4 Å². The first-order chi connectivity index (χ1) is 9.31. The third-order valence-electron chi connectivity index (χ3n) is 2.44. The molecule has 2 rings (SSSR count). The summed E-state index contributed by atoms with van der Waals surface area (Å²) in [6.45, 7) is 0. The van der Waals surface area contributed by atoms with E-state index in [1.807, 2.05) is 0 Å². The van der Waals surface area contributed by atoms with Crippen molar-refractivity contribution in [3.8, 4) is 0 Å². The van der Waals surface area contributed by atoms with Gasteiger partial charge in [0.2, 0.25) is 0 Å². The van der Waals surface area contributed by atoms with E-state index in [-0.39, 0.29) is 11.7 Å². The maximum atomic E-state index is 12.1. The predicted molar refractivity (Wildman–Crippen MR) is 63.3 cm³/mol. The van der Waals surface area contributed by atoms with Crippen LogP contribution >= 0.6 is 0 Å². The van der Waals surface area contributed by atoms with Gasteiger partial charge in [-0.1, -0.05) is 0 Å². The number of pyridine rings is 1. The molecule has 2 aromatic heterocycles. The molecule has 0 saturated carbocycles. The van der Waals surface area contributed by atoms with Crippen LogP contribution in [0, 0.1) is 0 Å². The van der Waals surface area contributed by atoms with Crippen LogP contribution in [0.15, 0.2) is 24.5 Å². The van der Waals surface area contributed by atoms with Gasteiger partial charge in [-0.05, 0) is 12.1 Å². The molecule has 2 aromatic rings. The number of amides is 2. The monoisotopic (exact) mass is 286 g/mol. The Labute approximate surface area is 110 Å². The highest BCUT2D eigenvalue weighted by atomic mass is 19.4. The van der Waals surface area contributed by atoms with Gasteiger partial charge in [-0.25, -0.2) is 4.98 Å². The Hall–Kier alpha value is -2.58. The van der Waals surface area contributed by atoms with Crippen LogP contribution in [0.3, 0.4) is 0 Å². The second kappa shape index (κ2) is 4.83. The molecular weight excluding hydrogens is 277 g/mol. The Bertz CT molecular complexity index is 678. The highest BCUT2D eigenvalue weighted by molar-refractivity contribution is 5.95. The number of anilines is 1. The van der Waals surface area contributed by atoms with Crippen molar-refractivity contribution >= 4 is 23.3 Å². The van der Waals surface area contributed by atoms with Crippen LogP contribution < -0.4 is 10.6 Å². The molecule has 0 spiro atoms. The van der Waals surface area contributed by atoms with Crippen molar-refractivity contribution in [2.24, 2.45) is 0 Å². The average Bonchev–Trinajstić information content (AvgIpc) is 2.77. The van der Waals surface area contributed by atoms with E-state index in [4.69, 9.17) is 0 Å². The summed E-state index contributed by atoms with van der Waals surface area (Å²) in [4.78, 5) is 26.0. The third kappa shape index (κ3) is 2.71. The van der Waals surface area contributed by atoms with Crippen LogP contribution in [0.25, 0.3) is 5.65 Å². The molecule has 106 valence electrons. The largest absolute Gasteiger partial charge is 0.471 e. The summed E-state index contributed by atoms with van der Waals surface area (Å²) in [6, 6.07) is 2.92. The van der Waals surface area contributed by atoms with Crippen molar-refractivity contribution in [2.75, 3.05) is 12.4 Å². The predicted octanol–water partition coefficient (Wildman–Crippen LogP) is 1.19. The van der Waals surface area contributed by atoms with Gasteiger partial charge < -0.3 is 15.0 Å². The van der Waals surface area contributed by atoms with Gasteiger partial charge in [0.15, 0.2) is 5.82 Å². The summed E-state index contributed by atoms with van der Waals surface area (Å²) in [5.41, 5.74) is 0.612. The third-order valence-corrected chi connectivity index (χ3v) is 2.44. The van der Waals surface area contributed by atoms with Gasteiger partial charge >= 0.3 is 12.1 Å². The standard InChI is InChI=1S/C11H9F3N4O2/c1-15-9(19)6-2-3-8-16-7(5-18(8)4-6)17-10(20)11(12,13)14/h2-5H,1H3,(H,15,19)(H,17,20). The molecule has 0 aliphatic carbocycles. The number of carbonyl (C=O) groups is 2. The van der Waals surface area contributed by atoms with Crippen molar-refractivity contribution in [3.05, 3.63) is 30.1 Å². The molecule has 0 radical (unpaired) electrons. The fourth-order valence-electron chi connectivity index (χ4n) is 1.52. The van der Waals surface area contributed by atoms with E-state index in [9.17, 15) is 22.8 Å². The number of imidazole rings is 1. The summed E-state index contributed by atoms with van der Waals surface area (Å²) in [5.74, 6) is -2.70. The Morgan fingerprint density at radius 3 is 2.55 bits per heavy atom. The molecule has 0 aliphatic rings. The second-order valence-electron chi connectivity index (χ2n) is 3.84. The van der Waals surface area contributed by atoms with Crippen LogP contribution in [-0.2, 0) is 4.79 Å². The van der Waals surface area contributed by atoms with Crippen molar-refractivity contribution in [1.82, 2.24) is 14.7 Å². The van der Waals surface area contributed by atoms with E-state index in [1.54, 1.807) is 5.32 Å². The summed E-state index contributed by atoms with van der Waals surface area (Å²) < 4.78 is 37.7. The van der Waals surface area contributed by atoms with Gasteiger partial charge in [-0.3, -0.25) is 9.59 Å². The Morgan fingerprint density at radius 2 is 1.95 bits per heavy atom. The number of nitrogens with one attached hydrogen (secondary N) is 2. The van der Waals surface area contributed by atoms with Crippen molar-refractivity contribution in [3.63, 3.8) is 0 Å². The minimum absolute atomic E-state index is 0.249.